The number of hydrogen-bond donors (Lipinski definition) is 1. The molecule has 2 fully saturated rings. The van der Waals surface area contributed by atoms with Crippen LogP contribution < -0.4 is 5.32 Å². The number of carbonyl (C=O) groups excluding carboxylic acids is 1. The van der Waals surface area contributed by atoms with Gasteiger partial charge in [0.05, 0.1) is 0 Å². The summed E-state index contributed by atoms with van der Waals surface area (Å²) in [6.07, 6.45) is 5.05. The largest absolute Gasteiger partial charge is 0.382 e. The zero-order valence-electron chi connectivity index (χ0n) is 14.1. The van der Waals surface area contributed by atoms with Crippen LogP contribution in [0.25, 0.3) is 0 Å². The molecule has 1 amide bonds. The molecule has 1 N–H and O–H groups in total. The smallest absolute Gasteiger partial charge is 0.223 e. The standard InChI is InChI=1S/C18H28N2O2S/c1-2-22-10-3-4-17(21)20(13-15-5-11-23-14-15)16-12-18(16)6-8-19-9-7-18/h5,11,14,16,19H,2-4,6-10,12-13H2,1H3. The van der Waals surface area contributed by atoms with E-state index in [1.807, 2.05) is 6.92 Å². The second-order valence-electron chi connectivity index (χ2n) is 6.79. The minimum absolute atomic E-state index is 0.302. The molecule has 128 valence electrons. The lowest BCUT2D eigenvalue weighted by molar-refractivity contribution is -0.133. The molecule has 0 bridgehead atoms. The molecule has 1 atom stereocenters. The molecule has 1 aromatic heterocycles. The zero-order chi connectivity index (χ0) is 16.1. The van der Waals surface area contributed by atoms with E-state index >= 15 is 0 Å². The first-order valence-corrected chi connectivity index (χ1v) is 9.78. The molecule has 0 aromatic carbocycles. The van der Waals surface area contributed by atoms with E-state index in [4.69, 9.17) is 4.74 Å². The fraction of sp³-hybridized carbons (Fsp3) is 0.722. The number of piperidine rings is 1. The summed E-state index contributed by atoms with van der Waals surface area (Å²) in [4.78, 5) is 15.0. The molecule has 1 saturated heterocycles. The fourth-order valence-electron chi connectivity index (χ4n) is 3.79. The van der Waals surface area contributed by atoms with E-state index in [0.717, 1.165) is 32.7 Å². The third-order valence-electron chi connectivity index (χ3n) is 5.26. The van der Waals surface area contributed by atoms with Crippen molar-refractivity contribution in [1.82, 2.24) is 10.2 Å². The van der Waals surface area contributed by atoms with Crippen molar-refractivity contribution < 1.29 is 9.53 Å². The van der Waals surface area contributed by atoms with E-state index in [1.165, 1.54) is 24.8 Å². The first kappa shape index (κ1) is 16.9. The molecule has 2 heterocycles. The maximum atomic E-state index is 12.8. The van der Waals surface area contributed by atoms with Gasteiger partial charge in [-0.05, 0) is 73.5 Å². The van der Waals surface area contributed by atoms with E-state index in [1.54, 1.807) is 11.3 Å². The van der Waals surface area contributed by atoms with Crippen LogP contribution in [0.4, 0.5) is 0 Å². The lowest BCUT2D eigenvalue weighted by Gasteiger charge is -2.29. The molecule has 1 aromatic rings. The van der Waals surface area contributed by atoms with Crippen molar-refractivity contribution in [1.29, 1.82) is 0 Å². The quantitative estimate of drug-likeness (QED) is 0.742. The van der Waals surface area contributed by atoms with Crippen LogP contribution >= 0.6 is 11.3 Å². The highest BCUT2D eigenvalue weighted by molar-refractivity contribution is 7.07. The lowest BCUT2D eigenvalue weighted by Crippen LogP contribution is -2.39. The summed E-state index contributed by atoms with van der Waals surface area (Å²) in [5.74, 6) is 0.302. The van der Waals surface area contributed by atoms with Crippen LogP contribution in [0.15, 0.2) is 16.8 Å². The maximum Gasteiger partial charge on any atom is 0.223 e. The van der Waals surface area contributed by atoms with Gasteiger partial charge in [-0.1, -0.05) is 0 Å². The van der Waals surface area contributed by atoms with Crippen molar-refractivity contribution in [2.24, 2.45) is 5.41 Å². The average Bonchev–Trinajstić information content (AvgIpc) is 2.99. The molecule has 5 heteroatoms. The van der Waals surface area contributed by atoms with Gasteiger partial charge < -0.3 is 15.0 Å². The van der Waals surface area contributed by atoms with Gasteiger partial charge in [-0.3, -0.25) is 4.79 Å². The Hall–Kier alpha value is -0.910. The maximum absolute atomic E-state index is 12.8. The Balaban J connectivity index is 1.61. The number of hydrogen-bond acceptors (Lipinski definition) is 4. The minimum atomic E-state index is 0.302. The van der Waals surface area contributed by atoms with Crippen molar-refractivity contribution >= 4 is 17.2 Å². The SMILES string of the molecule is CCOCCCC(=O)N(Cc1ccsc1)C1CC12CCNCC2. The van der Waals surface area contributed by atoms with E-state index in [9.17, 15) is 4.79 Å². The highest BCUT2D eigenvalue weighted by atomic mass is 32.1. The molecule has 2 aliphatic rings. The highest BCUT2D eigenvalue weighted by Crippen LogP contribution is 2.56. The Morgan fingerprint density at radius 2 is 2.30 bits per heavy atom. The third kappa shape index (κ3) is 4.14. The topological polar surface area (TPSA) is 41.6 Å². The predicted octanol–water partition coefficient (Wildman–Crippen LogP) is 3.04. The van der Waals surface area contributed by atoms with E-state index in [-0.39, 0.29) is 0 Å². The summed E-state index contributed by atoms with van der Waals surface area (Å²) in [5, 5.41) is 7.71. The number of thiophene rings is 1. The molecule has 1 unspecified atom stereocenters. The van der Waals surface area contributed by atoms with Crippen molar-refractivity contribution in [3.05, 3.63) is 22.4 Å². The highest BCUT2D eigenvalue weighted by Gasteiger charge is 2.57. The van der Waals surface area contributed by atoms with Crippen molar-refractivity contribution in [3.8, 4) is 0 Å². The number of nitrogens with one attached hydrogen (secondary N) is 1. The zero-order valence-corrected chi connectivity index (χ0v) is 14.9. The fourth-order valence-corrected chi connectivity index (χ4v) is 4.45. The Kier molecular flexibility index (Phi) is 5.72. The van der Waals surface area contributed by atoms with Crippen LogP contribution in [0.2, 0.25) is 0 Å². The number of nitrogens with zero attached hydrogens (tertiary/aromatic N) is 1. The molecule has 1 aliphatic heterocycles. The van der Waals surface area contributed by atoms with Crippen molar-refractivity contribution in [2.75, 3.05) is 26.3 Å². The molecule has 3 rings (SSSR count). The molecular formula is C18H28N2O2S. The molecule has 4 nitrogen and oxygen atoms in total. The Labute approximate surface area is 143 Å². The van der Waals surface area contributed by atoms with Gasteiger partial charge in [0.15, 0.2) is 0 Å². The van der Waals surface area contributed by atoms with Crippen LogP contribution in [-0.4, -0.2) is 43.2 Å². The summed E-state index contributed by atoms with van der Waals surface area (Å²) >= 11 is 1.71. The normalized spacial score (nSPS) is 22.2. The first-order chi connectivity index (χ1) is 11.2. The Bertz CT molecular complexity index is 497. The summed E-state index contributed by atoms with van der Waals surface area (Å²) in [5.41, 5.74) is 1.67. The first-order valence-electron chi connectivity index (χ1n) is 8.84. The number of carbonyl (C=O) groups is 1. The van der Waals surface area contributed by atoms with E-state index < -0.39 is 0 Å². The van der Waals surface area contributed by atoms with Crippen LogP contribution in [-0.2, 0) is 16.1 Å². The molecular weight excluding hydrogens is 308 g/mol. The van der Waals surface area contributed by atoms with Crippen LogP contribution in [0.3, 0.4) is 0 Å². The number of rotatable bonds is 8. The van der Waals surface area contributed by atoms with E-state index in [2.05, 4.69) is 27.0 Å². The van der Waals surface area contributed by atoms with Gasteiger partial charge in [-0.2, -0.15) is 11.3 Å². The monoisotopic (exact) mass is 336 g/mol. The molecule has 1 aliphatic carbocycles. The summed E-state index contributed by atoms with van der Waals surface area (Å²) in [6, 6.07) is 2.59. The molecule has 23 heavy (non-hydrogen) atoms. The third-order valence-corrected chi connectivity index (χ3v) is 5.99. The van der Waals surface area contributed by atoms with Crippen LogP contribution in [0.5, 0.6) is 0 Å². The number of amides is 1. The minimum Gasteiger partial charge on any atom is -0.382 e. The lowest BCUT2D eigenvalue weighted by atomic mass is 9.93. The predicted molar refractivity (Wildman–Crippen MR) is 93.5 cm³/mol. The van der Waals surface area contributed by atoms with Gasteiger partial charge in [0, 0.05) is 32.2 Å². The Morgan fingerprint density at radius 3 is 3.00 bits per heavy atom. The van der Waals surface area contributed by atoms with Gasteiger partial charge in [0.25, 0.3) is 0 Å². The van der Waals surface area contributed by atoms with Crippen molar-refractivity contribution in [2.45, 2.75) is 51.6 Å². The molecule has 1 saturated carbocycles. The summed E-state index contributed by atoms with van der Waals surface area (Å²) < 4.78 is 5.38. The Morgan fingerprint density at radius 1 is 1.48 bits per heavy atom. The average molecular weight is 337 g/mol. The van der Waals surface area contributed by atoms with Gasteiger partial charge in [-0.15, -0.1) is 0 Å². The van der Waals surface area contributed by atoms with Gasteiger partial charge in [0.1, 0.15) is 0 Å². The van der Waals surface area contributed by atoms with Gasteiger partial charge in [0.2, 0.25) is 5.91 Å². The second kappa shape index (κ2) is 7.77. The summed E-state index contributed by atoms with van der Waals surface area (Å²) in [6.45, 7) is 6.38. The van der Waals surface area contributed by atoms with Gasteiger partial charge >= 0.3 is 0 Å². The van der Waals surface area contributed by atoms with E-state index in [0.29, 0.717) is 30.4 Å². The number of ether oxygens (including phenoxy) is 1. The molecule has 0 radical (unpaired) electrons. The molecule has 1 spiro atoms. The second-order valence-corrected chi connectivity index (χ2v) is 7.57. The summed E-state index contributed by atoms with van der Waals surface area (Å²) in [7, 11) is 0. The van der Waals surface area contributed by atoms with Gasteiger partial charge in [-0.25, -0.2) is 0 Å². The van der Waals surface area contributed by atoms with Crippen LogP contribution in [0, 0.1) is 5.41 Å². The van der Waals surface area contributed by atoms with Crippen LogP contribution in [0.1, 0.15) is 44.6 Å². The van der Waals surface area contributed by atoms with Crippen molar-refractivity contribution in [3.63, 3.8) is 0 Å².